The van der Waals surface area contributed by atoms with Crippen molar-refractivity contribution >= 4 is 5.69 Å². The van der Waals surface area contributed by atoms with Crippen molar-refractivity contribution in [2.45, 2.75) is 32.4 Å². The normalized spacial score (nSPS) is 15.4. The van der Waals surface area contributed by atoms with Crippen LogP contribution < -0.4 is 5.73 Å². The Balaban J connectivity index is 1.86. The number of ether oxygens (including phenoxy) is 1. The Kier molecular flexibility index (Phi) is 4.40. The quantitative estimate of drug-likeness (QED) is 0.581. The standard InChI is InChI=1S/C14H22N2O/c1-2-17-10-9-16(14-7-8-14)11-12-3-5-13(15)6-4-12/h3-6,14H,2,7-11,15H2,1H3. The smallest absolute Gasteiger partial charge is 0.0593 e. The molecule has 1 aliphatic carbocycles. The molecule has 0 unspecified atom stereocenters. The van der Waals surface area contributed by atoms with E-state index in [1.165, 1.54) is 18.4 Å². The van der Waals surface area contributed by atoms with Gasteiger partial charge in [0.05, 0.1) is 6.61 Å². The summed E-state index contributed by atoms with van der Waals surface area (Å²) in [5.41, 5.74) is 7.86. The lowest BCUT2D eigenvalue weighted by Crippen LogP contribution is -2.29. The third-order valence-electron chi connectivity index (χ3n) is 3.16. The van der Waals surface area contributed by atoms with Gasteiger partial charge in [0.15, 0.2) is 0 Å². The molecule has 0 aromatic heterocycles. The Labute approximate surface area is 104 Å². The van der Waals surface area contributed by atoms with Gasteiger partial charge in [-0.1, -0.05) is 12.1 Å². The monoisotopic (exact) mass is 234 g/mol. The molecular weight excluding hydrogens is 212 g/mol. The minimum atomic E-state index is 0.771. The van der Waals surface area contributed by atoms with Crippen LogP contribution in [0.3, 0.4) is 0 Å². The third kappa shape index (κ3) is 4.02. The van der Waals surface area contributed by atoms with Crippen molar-refractivity contribution in [1.29, 1.82) is 0 Å². The Morgan fingerprint density at radius 3 is 2.59 bits per heavy atom. The number of hydrogen-bond donors (Lipinski definition) is 1. The van der Waals surface area contributed by atoms with Crippen molar-refractivity contribution in [3.05, 3.63) is 29.8 Å². The van der Waals surface area contributed by atoms with E-state index in [4.69, 9.17) is 10.5 Å². The molecule has 2 N–H and O–H groups in total. The fourth-order valence-electron chi connectivity index (χ4n) is 2.01. The first-order valence-corrected chi connectivity index (χ1v) is 6.46. The van der Waals surface area contributed by atoms with E-state index in [9.17, 15) is 0 Å². The number of nitrogen functional groups attached to an aromatic ring is 1. The van der Waals surface area contributed by atoms with Crippen molar-refractivity contribution in [3.8, 4) is 0 Å². The lowest BCUT2D eigenvalue weighted by atomic mass is 10.2. The van der Waals surface area contributed by atoms with E-state index in [2.05, 4.69) is 17.0 Å². The maximum absolute atomic E-state index is 5.69. The zero-order valence-corrected chi connectivity index (χ0v) is 10.6. The Morgan fingerprint density at radius 1 is 1.29 bits per heavy atom. The van der Waals surface area contributed by atoms with Gasteiger partial charge in [-0.15, -0.1) is 0 Å². The molecule has 2 rings (SSSR count). The van der Waals surface area contributed by atoms with Gasteiger partial charge in [-0.2, -0.15) is 0 Å². The van der Waals surface area contributed by atoms with Gasteiger partial charge < -0.3 is 10.5 Å². The summed E-state index contributed by atoms with van der Waals surface area (Å²) in [6.45, 7) is 5.73. The fourth-order valence-corrected chi connectivity index (χ4v) is 2.01. The molecule has 3 nitrogen and oxygen atoms in total. The lowest BCUT2D eigenvalue weighted by Gasteiger charge is -2.21. The molecule has 3 heteroatoms. The molecular formula is C14H22N2O. The van der Waals surface area contributed by atoms with Crippen molar-refractivity contribution in [2.24, 2.45) is 0 Å². The summed E-state index contributed by atoms with van der Waals surface area (Å²) in [7, 11) is 0. The highest BCUT2D eigenvalue weighted by Crippen LogP contribution is 2.28. The minimum Gasteiger partial charge on any atom is -0.399 e. The third-order valence-corrected chi connectivity index (χ3v) is 3.16. The Morgan fingerprint density at radius 2 is 2.00 bits per heavy atom. The largest absolute Gasteiger partial charge is 0.399 e. The van der Waals surface area contributed by atoms with Crippen LogP contribution >= 0.6 is 0 Å². The minimum absolute atomic E-state index is 0.771. The average Bonchev–Trinajstić information content (AvgIpc) is 3.15. The van der Waals surface area contributed by atoms with E-state index in [1.54, 1.807) is 0 Å². The molecule has 1 aliphatic rings. The van der Waals surface area contributed by atoms with Gasteiger partial charge in [0, 0.05) is 31.4 Å². The Hall–Kier alpha value is -1.06. The molecule has 0 aliphatic heterocycles. The first-order chi connectivity index (χ1) is 8.29. The Bertz CT molecular complexity index is 333. The molecule has 94 valence electrons. The molecule has 0 bridgehead atoms. The predicted octanol–water partition coefficient (Wildman–Crippen LogP) is 2.27. The zero-order chi connectivity index (χ0) is 12.1. The van der Waals surface area contributed by atoms with Crippen molar-refractivity contribution in [3.63, 3.8) is 0 Å². The molecule has 0 atom stereocenters. The molecule has 0 spiro atoms. The van der Waals surface area contributed by atoms with E-state index in [0.717, 1.165) is 38.0 Å². The summed E-state index contributed by atoms with van der Waals surface area (Å²) in [6.07, 6.45) is 2.67. The topological polar surface area (TPSA) is 38.5 Å². The highest BCUT2D eigenvalue weighted by atomic mass is 16.5. The molecule has 0 saturated heterocycles. The van der Waals surface area contributed by atoms with Crippen LogP contribution in [0, 0.1) is 0 Å². The first kappa shape index (κ1) is 12.4. The molecule has 1 aromatic carbocycles. The number of nitrogens with two attached hydrogens (primary N) is 1. The molecule has 1 fully saturated rings. The van der Waals surface area contributed by atoms with Crippen LogP contribution in [0.15, 0.2) is 24.3 Å². The van der Waals surface area contributed by atoms with Gasteiger partial charge >= 0.3 is 0 Å². The number of benzene rings is 1. The fraction of sp³-hybridized carbons (Fsp3) is 0.571. The van der Waals surface area contributed by atoms with E-state index in [1.807, 2.05) is 19.1 Å². The SMILES string of the molecule is CCOCCN(Cc1ccc(N)cc1)C1CC1. The summed E-state index contributed by atoms with van der Waals surface area (Å²) in [5, 5.41) is 0. The number of nitrogens with zero attached hydrogens (tertiary/aromatic N) is 1. The second kappa shape index (κ2) is 6.03. The summed E-state index contributed by atoms with van der Waals surface area (Å²) in [5.74, 6) is 0. The number of hydrogen-bond acceptors (Lipinski definition) is 3. The molecule has 17 heavy (non-hydrogen) atoms. The molecule has 0 amide bonds. The first-order valence-electron chi connectivity index (χ1n) is 6.46. The van der Waals surface area contributed by atoms with Gasteiger partial charge in [0.2, 0.25) is 0 Å². The van der Waals surface area contributed by atoms with Crippen LogP contribution in [-0.4, -0.2) is 30.7 Å². The van der Waals surface area contributed by atoms with Gasteiger partial charge in [-0.25, -0.2) is 0 Å². The highest BCUT2D eigenvalue weighted by molar-refractivity contribution is 5.39. The average molecular weight is 234 g/mol. The van der Waals surface area contributed by atoms with Crippen LogP contribution in [0.4, 0.5) is 5.69 Å². The van der Waals surface area contributed by atoms with Crippen LogP contribution in [-0.2, 0) is 11.3 Å². The maximum atomic E-state index is 5.69. The van der Waals surface area contributed by atoms with Crippen molar-refractivity contribution < 1.29 is 4.74 Å². The summed E-state index contributed by atoms with van der Waals surface area (Å²) in [6, 6.07) is 8.95. The second-order valence-corrected chi connectivity index (χ2v) is 4.64. The predicted molar refractivity (Wildman–Crippen MR) is 70.8 cm³/mol. The van der Waals surface area contributed by atoms with Gasteiger partial charge in [-0.3, -0.25) is 4.90 Å². The summed E-state index contributed by atoms with van der Waals surface area (Å²) >= 11 is 0. The van der Waals surface area contributed by atoms with E-state index >= 15 is 0 Å². The van der Waals surface area contributed by atoms with Crippen LogP contribution in [0.1, 0.15) is 25.3 Å². The van der Waals surface area contributed by atoms with Crippen LogP contribution in [0.2, 0.25) is 0 Å². The number of anilines is 1. The number of rotatable bonds is 7. The lowest BCUT2D eigenvalue weighted by molar-refractivity contribution is 0.107. The molecule has 1 saturated carbocycles. The van der Waals surface area contributed by atoms with Crippen molar-refractivity contribution in [1.82, 2.24) is 4.90 Å². The van der Waals surface area contributed by atoms with E-state index < -0.39 is 0 Å². The van der Waals surface area contributed by atoms with E-state index in [-0.39, 0.29) is 0 Å². The van der Waals surface area contributed by atoms with Gasteiger partial charge in [-0.05, 0) is 37.5 Å². The summed E-state index contributed by atoms with van der Waals surface area (Å²) in [4.78, 5) is 2.52. The summed E-state index contributed by atoms with van der Waals surface area (Å²) < 4.78 is 5.44. The van der Waals surface area contributed by atoms with Crippen LogP contribution in [0.5, 0.6) is 0 Å². The van der Waals surface area contributed by atoms with Gasteiger partial charge in [0.1, 0.15) is 0 Å². The second-order valence-electron chi connectivity index (χ2n) is 4.64. The molecule has 0 radical (unpaired) electrons. The van der Waals surface area contributed by atoms with Gasteiger partial charge in [0.25, 0.3) is 0 Å². The maximum Gasteiger partial charge on any atom is 0.0593 e. The molecule has 0 heterocycles. The molecule has 1 aromatic rings. The highest BCUT2D eigenvalue weighted by Gasteiger charge is 2.28. The zero-order valence-electron chi connectivity index (χ0n) is 10.6. The van der Waals surface area contributed by atoms with Crippen LogP contribution in [0.25, 0.3) is 0 Å². The van der Waals surface area contributed by atoms with Crippen molar-refractivity contribution in [2.75, 3.05) is 25.5 Å². The van der Waals surface area contributed by atoms with E-state index in [0.29, 0.717) is 0 Å².